The molecule has 1 aliphatic carbocycles. The lowest BCUT2D eigenvalue weighted by Crippen LogP contribution is -2.42. The lowest BCUT2D eigenvalue weighted by atomic mass is 9.91. The number of hydrogen-bond acceptors (Lipinski definition) is 5. The SMILES string of the molecule is CCN(CC)CCOC(=O)C1(OCCN(CC)CC)c2ccccc2-c2ccccc21. The third kappa shape index (κ3) is 4.69. The highest BCUT2D eigenvalue weighted by atomic mass is 16.6. The predicted molar refractivity (Wildman–Crippen MR) is 125 cm³/mol. The molecule has 0 N–H and O–H groups in total. The molecule has 0 amide bonds. The molecule has 168 valence electrons. The van der Waals surface area contributed by atoms with Crippen LogP contribution in [0.5, 0.6) is 0 Å². The Morgan fingerprint density at radius 3 is 1.68 bits per heavy atom. The van der Waals surface area contributed by atoms with E-state index in [9.17, 15) is 4.79 Å². The molecule has 0 radical (unpaired) electrons. The number of carbonyl (C=O) groups is 1. The van der Waals surface area contributed by atoms with Gasteiger partial charge in [-0.1, -0.05) is 76.2 Å². The molecule has 1 aliphatic rings. The van der Waals surface area contributed by atoms with Crippen molar-refractivity contribution in [2.75, 3.05) is 52.5 Å². The summed E-state index contributed by atoms with van der Waals surface area (Å²) in [6, 6.07) is 16.1. The molecule has 2 aromatic rings. The first-order valence-corrected chi connectivity index (χ1v) is 11.6. The minimum absolute atomic E-state index is 0.323. The van der Waals surface area contributed by atoms with Crippen molar-refractivity contribution < 1.29 is 14.3 Å². The molecule has 0 aromatic heterocycles. The second kappa shape index (κ2) is 10.9. The van der Waals surface area contributed by atoms with Gasteiger partial charge in [0.25, 0.3) is 0 Å². The van der Waals surface area contributed by atoms with E-state index in [-0.39, 0.29) is 5.97 Å². The van der Waals surface area contributed by atoms with Crippen LogP contribution in [0.3, 0.4) is 0 Å². The van der Waals surface area contributed by atoms with Crippen molar-refractivity contribution >= 4 is 5.97 Å². The maximum atomic E-state index is 13.7. The maximum absolute atomic E-state index is 13.7. The van der Waals surface area contributed by atoms with Crippen LogP contribution in [0.4, 0.5) is 0 Å². The molecule has 31 heavy (non-hydrogen) atoms. The van der Waals surface area contributed by atoms with Gasteiger partial charge < -0.3 is 19.3 Å². The fourth-order valence-corrected chi connectivity index (χ4v) is 4.41. The molecule has 5 nitrogen and oxygen atoms in total. The van der Waals surface area contributed by atoms with Gasteiger partial charge in [-0.15, -0.1) is 0 Å². The molecule has 0 saturated heterocycles. The van der Waals surface area contributed by atoms with E-state index in [0.29, 0.717) is 13.2 Å². The fraction of sp³-hybridized carbons (Fsp3) is 0.500. The Hall–Kier alpha value is -2.21. The first kappa shape index (κ1) is 23.5. The van der Waals surface area contributed by atoms with Gasteiger partial charge in [-0.3, -0.25) is 0 Å². The van der Waals surface area contributed by atoms with Crippen molar-refractivity contribution in [2.24, 2.45) is 0 Å². The fourth-order valence-electron chi connectivity index (χ4n) is 4.41. The highest BCUT2D eigenvalue weighted by Crippen LogP contribution is 2.50. The zero-order chi connectivity index (χ0) is 22.3. The number of carbonyl (C=O) groups excluding carboxylic acids is 1. The van der Waals surface area contributed by atoms with Crippen LogP contribution in [-0.4, -0.2) is 68.3 Å². The van der Waals surface area contributed by atoms with Crippen LogP contribution in [0, 0.1) is 0 Å². The Kier molecular flexibility index (Phi) is 8.24. The van der Waals surface area contributed by atoms with E-state index in [2.05, 4.69) is 49.6 Å². The molecule has 0 bridgehead atoms. The molecular formula is C26H36N2O3. The van der Waals surface area contributed by atoms with Crippen molar-refractivity contribution in [2.45, 2.75) is 33.3 Å². The van der Waals surface area contributed by atoms with E-state index in [4.69, 9.17) is 9.47 Å². The standard InChI is InChI=1S/C26H36N2O3/c1-5-27(6-2)17-19-30-25(29)26(31-20-18-28(7-3)8-4)23-15-11-9-13-21(23)22-14-10-12-16-24(22)26/h9-16H,5-8,17-20H2,1-4H3. The number of nitrogens with zero attached hydrogens (tertiary/aromatic N) is 2. The Morgan fingerprint density at radius 1 is 0.742 bits per heavy atom. The van der Waals surface area contributed by atoms with Gasteiger partial charge in [-0.05, 0) is 37.3 Å². The number of rotatable bonds is 12. The van der Waals surface area contributed by atoms with Gasteiger partial charge in [-0.2, -0.15) is 0 Å². The summed E-state index contributed by atoms with van der Waals surface area (Å²) in [5.74, 6) is -0.323. The van der Waals surface area contributed by atoms with Crippen LogP contribution in [0.25, 0.3) is 11.1 Å². The molecule has 0 fully saturated rings. The van der Waals surface area contributed by atoms with Crippen molar-refractivity contribution in [3.05, 3.63) is 59.7 Å². The average molecular weight is 425 g/mol. The van der Waals surface area contributed by atoms with Crippen LogP contribution < -0.4 is 0 Å². The Morgan fingerprint density at radius 2 is 1.19 bits per heavy atom. The molecule has 0 heterocycles. The predicted octanol–water partition coefficient (Wildman–Crippen LogP) is 4.15. The second-order valence-corrected chi connectivity index (χ2v) is 7.81. The summed E-state index contributed by atoms with van der Waals surface area (Å²) in [5, 5.41) is 0. The van der Waals surface area contributed by atoms with E-state index < -0.39 is 5.60 Å². The topological polar surface area (TPSA) is 42.0 Å². The highest BCUT2D eigenvalue weighted by Gasteiger charge is 2.51. The minimum Gasteiger partial charge on any atom is -0.462 e. The third-order valence-corrected chi connectivity index (χ3v) is 6.35. The smallest absolute Gasteiger partial charge is 0.347 e. The van der Waals surface area contributed by atoms with Gasteiger partial charge in [0.15, 0.2) is 0 Å². The van der Waals surface area contributed by atoms with E-state index in [0.717, 1.165) is 61.5 Å². The largest absolute Gasteiger partial charge is 0.462 e. The number of hydrogen-bond donors (Lipinski definition) is 0. The summed E-state index contributed by atoms with van der Waals surface area (Å²) < 4.78 is 12.4. The zero-order valence-electron chi connectivity index (χ0n) is 19.4. The van der Waals surface area contributed by atoms with Crippen molar-refractivity contribution in [1.82, 2.24) is 9.80 Å². The summed E-state index contributed by atoms with van der Waals surface area (Å²) in [6.45, 7) is 14.6. The van der Waals surface area contributed by atoms with Crippen molar-refractivity contribution in [1.29, 1.82) is 0 Å². The number of ether oxygens (including phenoxy) is 2. The van der Waals surface area contributed by atoms with E-state index in [1.807, 2.05) is 36.4 Å². The highest BCUT2D eigenvalue weighted by molar-refractivity contribution is 5.96. The van der Waals surface area contributed by atoms with Crippen LogP contribution in [0.1, 0.15) is 38.8 Å². The Balaban J connectivity index is 1.93. The number of esters is 1. The quantitative estimate of drug-likeness (QED) is 0.479. The van der Waals surface area contributed by atoms with Gasteiger partial charge in [0.05, 0.1) is 6.61 Å². The number of likely N-dealkylation sites (N-methyl/N-ethyl adjacent to an activating group) is 2. The average Bonchev–Trinajstić information content (AvgIpc) is 3.10. The summed E-state index contributed by atoms with van der Waals surface area (Å²) in [4.78, 5) is 18.2. The second-order valence-electron chi connectivity index (χ2n) is 7.81. The first-order valence-electron chi connectivity index (χ1n) is 11.6. The van der Waals surface area contributed by atoms with Crippen LogP contribution >= 0.6 is 0 Å². The van der Waals surface area contributed by atoms with E-state index in [1.165, 1.54) is 0 Å². The van der Waals surface area contributed by atoms with Gasteiger partial charge in [0, 0.05) is 24.2 Å². The first-order chi connectivity index (χ1) is 15.1. The van der Waals surface area contributed by atoms with Crippen LogP contribution in [-0.2, 0) is 19.9 Å². The van der Waals surface area contributed by atoms with E-state index >= 15 is 0 Å². The van der Waals surface area contributed by atoms with Gasteiger partial charge in [-0.25, -0.2) is 4.79 Å². The molecule has 0 spiro atoms. The molecule has 0 atom stereocenters. The molecule has 0 aliphatic heterocycles. The minimum atomic E-state index is -1.22. The monoisotopic (exact) mass is 424 g/mol. The lowest BCUT2D eigenvalue weighted by molar-refractivity contribution is -0.169. The summed E-state index contributed by atoms with van der Waals surface area (Å²) in [6.07, 6.45) is 0. The third-order valence-electron chi connectivity index (χ3n) is 6.35. The molecule has 2 aromatic carbocycles. The molecule has 3 rings (SSSR count). The summed E-state index contributed by atoms with van der Waals surface area (Å²) >= 11 is 0. The van der Waals surface area contributed by atoms with Gasteiger partial charge in [0.2, 0.25) is 5.60 Å². The zero-order valence-corrected chi connectivity index (χ0v) is 19.4. The van der Waals surface area contributed by atoms with Crippen molar-refractivity contribution in [3.63, 3.8) is 0 Å². The lowest BCUT2D eigenvalue weighted by Gasteiger charge is -2.31. The number of benzene rings is 2. The molecular weight excluding hydrogens is 388 g/mol. The Bertz CT molecular complexity index is 814. The normalized spacial score (nSPS) is 14.0. The van der Waals surface area contributed by atoms with Crippen LogP contribution in [0.2, 0.25) is 0 Å². The summed E-state index contributed by atoms with van der Waals surface area (Å²) in [7, 11) is 0. The van der Waals surface area contributed by atoms with Crippen molar-refractivity contribution in [3.8, 4) is 11.1 Å². The maximum Gasteiger partial charge on any atom is 0.347 e. The number of fused-ring (bicyclic) bond motifs is 3. The Labute approximate surface area is 187 Å². The molecule has 0 unspecified atom stereocenters. The molecule has 5 heteroatoms. The van der Waals surface area contributed by atoms with Gasteiger partial charge in [0.1, 0.15) is 6.61 Å². The van der Waals surface area contributed by atoms with E-state index in [1.54, 1.807) is 0 Å². The molecule has 0 saturated carbocycles. The van der Waals surface area contributed by atoms with Crippen LogP contribution in [0.15, 0.2) is 48.5 Å². The summed E-state index contributed by atoms with van der Waals surface area (Å²) in [5.41, 5.74) is 2.62. The van der Waals surface area contributed by atoms with Gasteiger partial charge >= 0.3 is 5.97 Å².